The zero-order valence-corrected chi connectivity index (χ0v) is 18.8. The van der Waals surface area contributed by atoms with E-state index in [1.807, 2.05) is 4.90 Å². The van der Waals surface area contributed by atoms with Gasteiger partial charge in [0.15, 0.2) is 0 Å². The number of carboxylic acids is 1. The average molecular weight is 453 g/mol. The standard InChI is InChI=1S/C24H32N6O3/c25-20-8-6-18(15-28-20)21(24(32)33)30-13-9-17(10-14-30)23(31)27-12-2-4-19-7-5-16-3-1-11-26-22(16)29-19/h5-8,15,17,21H,1-4,9-14H2,(H2,25,28)(H,26,29)(H,27,31)(H,32,33). The largest absolute Gasteiger partial charge is 0.480 e. The van der Waals surface area contributed by atoms with Crippen LogP contribution in [0.15, 0.2) is 30.5 Å². The number of likely N-dealkylation sites (tertiary alicyclic amines) is 1. The highest BCUT2D eigenvalue weighted by atomic mass is 16.4. The van der Waals surface area contributed by atoms with Gasteiger partial charge in [0.25, 0.3) is 0 Å². The fourth-order valence-electron chi connectivity index (χ4n) is 4.64. The summed E-state index contributed by atoms with van der Waals surface area (Å²) in [4.78, 5) is 35.1. The predicted octanol–water partition coefficient (Wildman–Crippen LogP) is 2.00. The fraction of sp³-hybridized carbons (Fsp3) is 0.500. The van der Waals surface area contributed by atoms with Crippen molar-refractivity contribution >= 4 is 23.5 Å². The van der Waals surface area contributed by atoms with Crippen molar-refractivity contribution in [1.82, 2.24) is 20.2 Å². The number of nitrogen functional groups attached to an aromatic ring is 1. The lowest BCUT2D eigenvalue weighted by molar-refractivity contribution is -0.144. The van der Waals surface area contributed by atoms with Crippen molar-refractivity contribution < 1.29 is 14.7 Å². The third-order valence-corrected chi connectivity index (χ3v) is 6.49. The van der Waals surface area contributed by atoms with Gasteiger partial charge in [0.1, 0.15) is 17.7 Å². The van der Waals surface area contributed by atoms with Crippen molar-refractivity contribution in [2.24, 2.45) is 5.92 Å². The first-order valence-electron chi connectivity index (χ1n) is 11.7. The van der Waals surface area contributed by atoms with Crippen LogP contribution in [0.25, 0.3) is 0 Å². The molecule has 2 aliphatic heterocycles. The van der Waals surface area contributed by atoms with Crippen LogP contribution in [0.3, 0.4) is 0 Å². The third-order valence-electron chi connectivity index (χ3n) is 6.49. The van der Waals surface area contributed by atoms with E-state index in [-0.39, 0.29) is 11.8 Å². The number of anilines is 2. The Morgan fingerprint density at radius 2 is 2.06 bits per heavy atom. The molecule has 1 saturated heterocycles. The predicted molar refractivity (Wildman–Crippen MR) is 126 cm³/mol. The van der Waals surface area contributed by atoms with Crippen molar-refractivity contribution in [3.8, 4) is 0 Å². The van der Waals surface area contributed by atoms with E-state index >= 15 is 0 Å². The van der Waals surface area contributed by atoms with E-state index in [1.54, 1.807) is 12.1 Å². The molecule has 0 aliphatic carbocycles. The van der Waals surface area contributed by atoms with E-state index in [4.69, 9.17) is 10.7 Å². The zero-order chi connectivity index (χ0) is 23.2. The number of hydrogen-bond acceptors (Lipinski definition) is 7. The molecule has 9 nitrogen and oxygen atoms in total. The highest BCUT2D eigenvalue weighted by molar-refractivity contribution is 5.79. The summed E-state index contributed by atoms with van der Waals surface area (Å²) >= 11 is 0. The monoisotopic (exact) mass is 452 g/mol. The van der Waals surface area contributed by atoms with Gasteiger partial charge in [-0.2, -0.15) is 0 Å². The molecule has 1 fully saturated rings. The van der Waals surface area contributed by atoms with Gasteiger partial charge < -0.3 is 21.5 Å². The van der Waals surface area contributed by atoms with Gasteiger partial charge in [-0.15, -0.1) is 0 Å². The first kappa shape index (κ1) is 23.0. The van der Waals surface area contributed by atoms with Crippen LogP contribution >= 0.6 is 0 Å². The topological polar surface area (TPSA) is 133 Å². The Kier molecular flexibility index (Phi) is 7.39. The molecule has 0 bridgehead atoms. The molecule has 176 valence electrons. The smallest absolute Gasteiger partial charge is 0.325 e. The Morgan fingerprint density at radius 1 is 1.24 bits per heavy atom. The number of nitrogens with one attached hydrogen (secondary N) is 2. The van der Waals surface area contributed by atoms with E-state index in [9.17, 15) is 14.7 Å². The number of carbonyl (C=O) groups excluding carboxylic acids is 1. The Morgan fingerprint density at radius 3 is 2.79 bits per heavy atom. The number of hydrogen-bond donors (Lipinski definition) is 4. The molecule has 4 rings (SSSR count). The second kappa shape index (κ2) is 10.6. The van der Waals surface area contributed by atoms with Crippen LogP contribution in [-0.4, -0.2) is 58.0 Å². The number of aromatic nitrogens is 2. The number of carbonyl (C=O) groups is 2. The van der Waals surface area contributed by atoms with Gasteiger partial charge in [0.05, 0.1) is 0 Å². The summed E-state index contributed by atoms with van der Waals surface area (Å²) in [6.45, 7) is 2.68. The van der Waals surface area contributed by atoms with Gasteiger partial charge in [0, 0.05) is 44.0 Å². The molecule has 0 aromatic carbocycles. The van der Waals surface area contributed by atoms with E-state index in [1.165, 1.54) is 11.8 Å². The SMILES string of the molecule is Nc1ccc(C(C(=O)O)N2CCC(C(=O)NCCCc3ccc4c(n3)NCCC4)CC2)cn1. The maximum Gasteiger partial charge on any atom is 0.325 e. The van der Waals surface area contributed by atoms with Crippen LogP contribution in [0, 0.1) is 5.92 Å². The van der Waals surface area contributed by atoms with Crippen LogP contribution in [0.2, 0.25) is 0 Å². The van der Waals surface area contributed by atoms with Gasteiger partial charge in [-0.1, -0.05) is 12.1 Å². The highest BCUT2D eigenvalue weighted by Gasteiger charge is 2.33. The second-order valence-corrected chi connectivity index (χ2v) is 8.80. The number of aryl methyl sites for hydroxylation is 2. The fourth-order valence-corrected chi connectivity index (χ4v) is 4.64. The van der Waals surface area contributed by atoms with Crippen molar-refractivity contribution in [3.63, 3.8) is 0 Å². The molecule has 0 radical (unpaired) electrons. The summed E-state index contributed by atoms with van der Waals surface area (Å²) in [6.07, 6.45) is 6.67. The van der Waals surface area contributed by atoms with Crippen LogP contribution in [0.1, 0.15) is 48.5 Å². The molecular weight excluding hydrogens is 420 g/mol. The molecule has 5 N–H and O–H groups in total. The summed E-state index contributed by atoms with van der Waals surface area (Å²) in [5.41, 5.74) is 8.55. The van der Waals surface area contributed by atoms with Gasteiger partial charge in [0.2, 0.25) is 5.91 Å². The lowest BCUT2D eigenvalue weighted by Gasteiger charge is -2.35. The summed E-state index contributed by atoms with van der Waals surface area (Å²) in [6, 6.07) is 6.77. The molecule has 0 spiro atoms. The maximum atomic E-state index is 12.6. The number of nitrogens with two attached hydrogens (primary N) is 1. The zero-order valence-electron chi connectivity index (χ0n) is 18.8. The number of carboxylic acid groups (broad SMARTS) is 1. The van der Waals surface area contributed by atoms with E-state index in [0.29, 0.717) is 43.9 Å². The Hall–Kier alpha value is -3.20. The lowest BCUT2D eigenvalue weighted by Crippen LogP contribution is -2.44. The molecular formula is C24H32N6O3. The van der Waals surface area contributed by atoms with Gasteiger partial charge in [-0.25, -0.2) is 9.97 Å². The summed E-state index contributed by atoms with van der Waals surface area (Å²) in [5, 5.41) is 16.1. The van der Waals surface area contributed by atoms with Crippen LogP contribution in [-0.2, 0) is 22.4 Å². The van der Waals surface area contributed by atoms with Crippen LogP contribution < -0.4 is 16.4 Å². The first-order chi connectivity index (χ1) is 16.0. The summed E-state index contributed by atoms with van der Waals surface area (Å²) in [5.74, 6) is 0.402. The first-order valence-corrected chi connectivity index (χ1v) is 11.7. The number of aliphatic carboxylic acids is 1. The molecule has 1 atom stereocenters. The molecule has 9 heteroatoms. The van der Waals surface area contributed by atoms with Gasteiger partial charge >= 0.3 is 5.97 Å². The molecule has 2 aromatic heterocycles. The Labute approximate surface area is 193 Å². The minimum Gasteiger partial charge on any atom is -0.480 e. The lowest BCUT2D eigenvalue weighted by atomic mass is 9.93. The van der Waals surface area contributed by atoms with Crippen molar-refractivity contribution in [3.05, 3.63) is 47.3 Å². The summed E-state index contributed by atoms with van der Waals surface area (Å²) < 4.78 is 0. The molecule has 0 saturated carbocycles. The Balaban J connectivity index is 1.21. The van der Waals surface area contributed by atoms with E-state index < -0.39 is 12.0 Å². The minimum atomic E-state index is -0.921. The normalized spacial score (nSPS) is 17.6. The molecule has 2 aliphatic rings. The molecule has 4 heterocycles. The van der Waals surface area contributed by atoms with E-state index in [0.717, 1.165) is 43.7 Å². The minimum absolute atomic E-state index is 0.0516. The van der Waals surface area contributed by atoms with Crippen LogP contribution in [0.5, 0.6) is 0 Å². The van der Waals surface area contributed by atoms with Crippen molar-refractivity contribution in [1.29, 1.82) is 0 Å². The average Bonchev–Trinajstić information content (AvgIpc) is 2.83. The molecule has 1 unspecified atom stereocenters. The number of piperidine rings is 1. The maximum absolute atomic E-state index is 12.6. The number of pyridine rings is 2. The molecule has 1 amide bonds. The quantitative estimate of drug-likeness (QED) is 0.447. The van der Waals surface area contributed by atoms with Crippen molar-refractivity contribution in [2.75, 3.05) is 37.2 Å². The molecule has 2 aromatic rings. The number of amides is 1. The highest BCUT2D eigenvalue weighted by Crippen LogP contribution is 2.27. The number of fused-ring (bicyclic) bond motifs is 1. The molecule has 33 heavy (non-hydrogen) atoms. The van der Waals surface area contributed by atoms with Gasteiger partial charge in [-0.05, 0) is 61.8 Å². The third kappa shape index (κ3) is 5.78. The second-order valence-electron chi connectivity index (χ2n) is 8.80. The summed E-state index contributed by atoms with van der Waals surface area (Å²) in [7, 11) is 0. The van der Waals surface area contributed by atoms with Crippen molar-refractivity contribution in [2.45, 2.75) is 44.6 Å². The van der Waals surface area contributed by atoms with Gasteiger partial charge in [-0.3, -0.25) is 14.5 Å². The Bertz CT molecular complexity index is 973. The van der Waals surface area contributed by atoms with Crippen LogP contribution in [0.4, 0.5) is 11.6 Å². The number of rotatable bonds is 8. The van der Waals surface area contributed by atoms with E-state index in [2.05, 4.69) is 27.8 Å². The number of nitrogens with zero attached hydrogens (tertiary/aromatic N) is 3.